The molecule has 9 heteroatoms. The Morgan fingerprint density at radius 1 is 1.24 bits per heavy atom. The van der Waals surface area contributed by atoms with Crippen LogP contribution in [0.25, 0.3) is 33.3 Å². The molecule has 9 nitrogen and oxygen atoms in total. The van der Waals surface area contributed by atoms with Gasteiger partial charge in [-0.2, -0.15) is 0 Å². The highest BCUT2D eigenvalue weighted by Crippen LogP contribution is 2.35. The van der Waals surface area contributed by atoms with E-state index in [1.807, 2.05) is 38.6 Å². The van der Waals surface area contributed by atoms with Gasteiger partial charge in [0.15, 0.2) is 5.65 Å². The standard InChI is InChI=1S/C20H22N6O3/c1-25(2)17-14-3-4-21-18(14)23-9-15(17)12-7-16-19(22-8-12)24-20(27)26(16)10-13-11-28-5-6-29-13/h3-4,7-9,13H,5-6,10-11H2,1-2H3,(H,21,23)(H,22,24,27)/t13-/m0/s1. The van der Waals surface area contributed by atoms with Crippen molar-refractivity contribution < 1.29 is 9.47 Å². The minimum Gasteiger partial charge on any atom is -0.377 e. The van der Waals surface area contributed by atoms with Gasteiger partial charge in [0.2, 0.25) is 0 Å². The van der Waals surface area contributed by atoms with E-state index in [0.717, 1.165) is 33.4 Å². The van der Waals surface area contributed by atoms with E-state index in [1.165, 1.54) is 0 Å². The second-order valence-corrected chi connectivity index (χ2v) is 7.36. The number of fused-ring (bicyclic) bond motifs is 2. The minimum absolute atomic E-state index is 0.153. The maximum Gasteiger partial charge on any atom is 0.327 e. The highest BCUT2D eigenvalue weighted by atomic mass is 16.6. The Morgan fingerprint density at radius 2 is 2.10 bits per heavy atom. The van der Waals surface area contributed by atoms with Gasteiger partial charge in [-0.1, -0.05) is 0 Å². The molecule has 0 bridgehead atoms. The maximum atomic E-state index is 12.5. The molecule has 0 amide bonds. The minimum atomic E-state index is -0.203. The largest absolute Gasteiger partial charge is 0.377 e. The summed E-state index contributed by atoms with van der Waals surface area (Å²) in [6.45, 7) is 2.03. The molecule has 1 fully saturated rings. The molecule has 0 aromatic carbocycles. The zero-order chi connectivity index (χ0) is 20.0. The van der Waals surface area contributed by atoms with Crippen molar-refractivity contribution in [2.75, 3.05) is 38.8 Å². The molecule has 2 N–H and O–H groups in total. The van der Waals surface area contributed by atoms with Crippen LogP contribution in [0.5, 0.6) is 0 Å². The van der Waals surface area contributed by atoms with Crippen molar-refractivity contribution in [2.45, 2.75) is 12.6 Å². The van der Waals surface area contributed by atoms with E-state index in [2.05, 4.69) is 24.8 Å². The number of hydrogen-bond donors (Lipinski definition) is 2. The lowest BCUT2D eigenvalue weighted by Crippen LogP contribution is -2.34. The van der Waals surface area contributed by atoms with Gasteiger partial charge in [-0.05, 0) is 12.1 Å². The third-order valence-electron chi connectivity index (χ3n) is 5.22. The van der Waals surface area contributed by atoms with Gasteiger partial charge in [0.1, 0.15) is 5.65 Å². The van der Waals surface area contributed by atoms with Crippen LogP contribution in [0.4, 0.5) is 5.69 Å². The van der Waals surface area contributed by atoms with E-state index in [0.29, 0.717) is 32.0 Å². The average Bonchev–Trinajstić information content (AvgIpc) is 3.32. The fourth-order valence-electron chi connectivity index (χ4n) is 3.89. The number of hydrogen-bond acceptors (Lipinski definition) is 6. The van der Waals surface area contributed by atoms with Crippen molar-refractivity contribution in [3.63, 3.8) is 0 Å². The first-order chi connectivity index (χ1) is 14.1. The third-order valence-corrected chi connectivity index (χ3v) is 5.22. The molecule has 1 aliphatic rings. The number of H-pyrrole nitrogens is 2. The first-order valence-electron chi connectivity index (χ1n) is 9.53. The molecule has 0 unspecified atom stereocenters. The summed E-state index contributed by atoms with van der Waals surface area (Å²) < 4.78 is 12.9. The van der Waals surface area contributed by atoms with Gasteiger partial charge in [0, 0.05) is 49.2 Å². The second-order valence-electron chi connectivity index (χ2n) is 7.36. The average molecular weight is 394 g/mol. The van der Waals surface area contributed by atoms with Gasteiger partial charge >= 0.3 is 5.69 Å². The number of pyridine rings is 2. The van der Waals surface area contributed by atoms with Crippen molar-refractivity contribution in [3.05, 3.63) is 41.2 Å². The highest BCUT2D eigenvalue weighted by Gasteiger charge is 2.20. The molecule has 0 spiro atoms. The molecule has 1 saturated heterocycles. The summed E-state index contributed by atoms with van der Waals surface area (Å²) in [5.74, 6) is 0. The monoisotopic (exact) mass is 394 g/mol. The first-order valence-corrected chi connectivity index (χ1v) is 9.53. The molecule has 4 aromatic rings. The van der Waals surface area contributed by atoms with Crippen LogP contribution in [-0.2, 0) is 16.0 Å². The summed E-state index contributed by atoms with van der Waals surface area (Å²) in [7, 11) is 4.01. The number of aromatic nitrogens is 5. The van der Waals surface area contributed by atoms with Gasteiger partial charge < -0.3 is 19.4 Å². The number of rotatable bonds is 4. The Morgan fingerprint density at radius 3 is 2.90 bits per heavy atom. The quantitative estimate of drug-likeness (QED) is 0.547. The van der Waals surface area contributed by atoms with Crippen molar-refractivity contribution in [1.29, 1.82) is 0 Å². The Labute approximate surface area is 166 Å². The van der Waals surface area contributed by atoms with Crippen LogP contribution in [-0.4, -0.2) is 64.5 Å². The number of nitrogens with one attached hydrogen (secondary N) is 2. The molecule has 29 heavy (non-hydrogen) atoms. The lowest BCUT2D eigenvalue weighted by molar-refractivity contribution is -0.0934. The number of nitrogens with zero attached hydrogens (tertiary/aromatic N) is 4. The van der Waals surface area contributed by atoms with E-state index in [1.54, 1.807) is 10.8 Å². The van der Waals surface area contributed by atoms with Crippen molar-refractivity contribution in [2.24, 2.45) is 0 Å². The molecular formula is C20H22N6O3. The van der Waals surface area contributed by atoms with Crippen LogP contribution < -0.4 is 10.6 Å². The van der Waals surface area contributed by atoms with Gasteiger partial charge in [0.05, 0.1) is 43.7 Å². The molecule has 150 valence electrons. The predicted molar refractivity (Wildman–Crippen MR) is 110 cm³/mol. The van der Waals surface area contributed by atoms with E-state index in [4.69, 9.17) is 9.47 Å². The molecule has 5 heterocycles. The molecule has 0 saturated carbocycles. The van der Waals surface area contributed by atoms with Crippen LogP contribution >= 0.6 is 0 Å². The van der Waals surface area contributed by atoms with Gasteiger partial charge in [-0.3, -0.25) is 9.55 Å². The zero-order valence-electron chi connectivity index (χ0n) is 16.3. The summed E-state index contributed by atoms with van der Waals surface area (Å²) in [5.41, 5.74) is 4.81. The van der Waals surface area contributed by atoms with Crippen molar-refractivity contribution >= 4 is 27.9 Å². The van der Waals surface area contributed by atoms with Crippen molar-refractivity contribution in [3.8, 4) is 11.1 Å². The third kappa shape index (κ3) is 3.08. The predicted octanol–water partition coefficient (Wildman–Crippen LogP) is 1.75. The van der Waals surface area contributed by atoms with Crippen LogP contribution in [0.1, 0.15) is 0 Å². The van der Waals surface area contributed by atoms with E-state index < -0.39 is 0 Å². The summed E-state index contributed by atoms with van der Waals surface area (Å²) >= 11 is 0. The molecule has 0 radical (unpaired) electrons. The Balaban J connectivity index is 1.63. The Hall–Kier alpha value is -3.17. The molecule has 1 atom stereocenters. The van der Waals surface area contributed by atoms with Gasteiger partial charge in [-0.15, -0.1) is 0 Å². The first kappa shape index (κ1) is 17.9. The zero-order valence-corrected chi connectivity index (χ0v) is 16.3. The number of aromatic amines is 2. The van der Waals surface area contributed by atoms with Crippen LogP contribution in [0, 0.1) is 0 Å². The number of imidazole rings is 1. The Bertz CT molecular complexity index is 1230. The van der Waals surface area contributed by atoms with E-state index in [9.17, 15) is 4.79 Å². The fourth-order valence-corrected chi connectivity index (χ4v) is 3.89. The molecule has 5 rings (SSSR count). The summed E-state index contributed by atoms with van der Waals surface area (Å²) in [6, 6.07) is 3.99. The summed E-state index contributed by atoms with van der Waals surface area (Å²) in [6.07, 6.45) is 5.33. The molecular weight excluding hydrogens is 372 g/mol. The smallest absolute Gasteiger partial charge is 0.327 e. The van der Waals surface area contributed by atoms with E-state index >= 15 is 0 Å². The van der Waals surface area contributed by atoms with Gasteiger partial charge in [0.25, 0.3) is 0 Å². The second kappa shape index (κ2) is 7.02. The van der Waals surface area contributed by atoms with Crippen LogP contribution in [0.3, 0.4) is 0 Å². The van der Waals surface area contributed by atoms with E-state index in [-0.39, 0.29) is 11.8 Å². The van der Waals surface area contributed by atoms with Gasteiger partial charge in [-0.25, -0.2) is 14.8 Å². The Kier molecular flexibility index (Phi) is 4.33. The normalized spacial score (nSPS) is 17.2. The molecule has 1 aliphatic heterocycles. The topological polar surface area (TPSA) is 101 Å². The summed E-state index contributed by atoms with van der Waals surface area (Å²) in [4.78, 5) is 29.6. The lowest BCUT2D eigenvalue weighted by atomic mass is 10.1. The lowest BCUT2D eigenvalue weighted by Gasteiger charge is -2.23. The number of ether oxygens (including phenoxy) is 2. The maximum absolute atomic E-state index is 12.5. The molecule has 0 aliphatic carbocycles. The van der Waals surface area contributed by atoms with Crippen LogP contribution in [0.2, 0.25) is 0 Å². The van der Waals surface area contributed by atoms with Crippen molar-refractivity contribution in [1.82, 2.24) is 24.5 Å². The highest BCUT2D eigenvalue weighted by molar-refractivity contribution is 5.99. The molecule has 4 aromatic heterocycles. The number of anilines is 1. The SMILES string of the molecule is CN(C)c1c(-c2cnc3[nH]c(=O)n(C[C@H]4COCCO4)c3c2)cnc2[nH]ccc12. The summed E-state index contributed by atoms with van der Waals surface area (Å²) in [5, 5.41) is 1.03. The van der Waals surface area contributed by atoms with Crippen LogP contribution in [0.15, 0.2) is 35.5 Å². The fraction of sp³-hybridized carbons (Fsp3) is 0.350.